The van der Waals surface area contributed by atoms with Crippen LogP contribution in [0.4, 0.5) is 0 Å². The minimum absolute atomic E-state index is 0.0720. The van der Waals surface area contributed by atoms with E-state index in [1.807, 2.05) is 12.1 Å². The second kappa shape index (κ2) is 6.92. The molecule has 0 atom stereocenters. The number of carbonyl (C=O) groups excluding carboxylic acids is 1. The predicted molar refractivity (Wildman–Crippen MR) is 108 cm³/mol. The maximum absolute atomic E-state index is 12.9. The van der Waals surface area contributed by atoms with Crippen LogP contribution >= 0.6 is 0 Å². The fraction of sp³-hybridized carbons (Fsp3) is 0.208. The van der Waals surface area contributed by atoms with Crippen molar-refractivity contribution in [1.82, 2.24) is 0 Å². The summed E-state index contributed by atoms with van der Waals surface area (Å²) in [6.07, 6.45) is 5.25. The zero-order valence-corrected chi connectivity index (χ0v) is 15.2. The van der Waals surface area contributed by atoms with Crippen molar-refractivity contribution in [3.05, 3.63) is 83.9 Å². The van der Waals surface area contributed by atoms with E-state index in [1.165, 1.54) is 6.07 Å². The van der Waals surface area contributed by atoms with Gasteiger partial charge >= 0.3 is 5.97 Å². The van der Waals surface area contributed by atoms with Crippen LogP contribution in [0, 0.1) is 0 Å². The van der Waals surface area contributed by atoms with Gasteiger partial charge in [0, 0.05) is 0 Å². The standard InChI is InChI=1S/C24H22O3/c1-2-17-9-12-22(25)21(15-17)23(26)27-24(13-5-6-14-24)20-11-10-18-7-3-4-8-19(18)16-20/h2-4,7-12,15-16,25H,1,5-6,13-14H2. The van der Waals surface area contributed by atoms with Gasteiger partial charge in [-0.1, -0.05) is 55.1 Å². The molecule has 3 heteroatoms. The van der Waals surface area contributed by atoms with Crippen LogP contribution in [0.1, 0.15) is 47.2 Å². The van der Waals surface area contributed by atoms with Gasteiger partial charge in [0.15, 0.2) is 0 Å². The van der Waals surface area contributed by atoms with Gasteiger partial charge in [-0.3, -0.25) is 0 Å². The first-order chi connectivity index (χ1) is 13.1. The van der Waals surface area contributed by atoms with E-state index in [2.05, 4.69) is 36.9 Å². The lowest BCUT2D eigenvalue weighted by Crippen LogP contribution is -2.29. The normalized spacial score (nSPS) is 15.6. The molecule has 1 saturated carbocycles. The Balaban J connectivity index is 1.71. The first-order valence-electron chi connectivity index (χ1n) is 9.29. The van der Waals surface area contributed by atoms with E-state index >= 15 is 0 Å². The Labute approximate surface area is 158 Å². The Morgan fingerprint density at radius 2 is 1.74 bits per heavy atom. The largest absolute Gasteiger partial charge is 0.507 e. The molecule has 0 radical (unpaired) electrons. The molecule has 27 heavy (non-hydrogen) atoms. The van der Waals surface area contributed by atoms with Crippen LogP contribution in [-0.4, -0.2) is 11.1 Å². The zero-order chi connectivity index (χ0) is 18.9. The molecule has 0 saturated heterocycles. The van der Waals surface area contributed by atoms with Crippen molar-refractivity contribution in [3.63, 3.8) is 0 Å². The number of aromatic hydroxyl groups is 1. The van der Waals surface area contributed by atoms with Gasteiger partial charge in [-0.05, 0) is 65.8 Å². The fourth-order valence-corrected chi connectivity index (χ4v) is 3.95. The van der Waals surface area contributed by atoms with E-state index in [0.29, 0.717) is 0 Å². The number of phenolic OH excluding ortho intramolecular Hbond substituents is 1. The third kappa shape index (κ3) is 3.21. The summed E-state index contributed by atoms with van der Waals surface area (Å²) in [5.41, 5.74) is 1.33. The summed E-state index contributed by atoms with van der Waals surface area (Å²) >= 11 is 0. The highest BCUT2D eigenvalue weighted by molar-refractivity contribution is 5.93. The quantitative estimate of drug-likeness (QED) is 0.598. The van der Waals surface area contributed by atoms with Gasteiger partial charge in [-0.25, -0.2) is 4.79 Å². The van der Waals surface area contributed by atoms with Gasteiger partial charge in [-0.2, -0.15) is 0 Å². The minimum atomic E-state index is -0.641. The maximum Gasteiger partial charge on any atom is 0.342 e. The number of fused-ring (bicyclic) bond motifs is 1. The minimum Gasteiger partial charge on any atom is -0.507 e. The van der Waals surface area contributed by atoms with Crippen molar-refractivity contribution in [2.24, 2.45) is 0 Å². The Hall–Kier alpha value is -3.07. The summed E-state index contributed by atoms with van der Waals surface area (Å²) in [5, 5.41) is 12.4. The van der Waals surface area contributed by atoms with E-state index in [0.717, 1.165) is 47.6 Å². The molecule has 3 aromatic rings. The highest BCUT2D eigenvalue weighted by atomic mass is 16.6. The summed E-state index contributed by atoms with van der Waals surface area (Å²) < 4.78 is 6.07. The summed E-state index contributed by atoms with van der Waals surface area (Å²) in [4.78, 5) is 12.9. The third-order valence-electron chi connectivity index (χ3n) is 5.45. The molecule has 0 aliphatic heterocycles. The number of hydrogen-bond donors (Lipinski definition) is 1. The first kappa shape index (κ1) is 17.3. The lowest BCUT2D eigenvalue weighted by Gasteiger charge is -2.30. The van der Waals surface area contributed by atoms with E-state index < -0.39 is 11.6 Å². The van der Waals surface area contributed by atoms with Crippen molar-refractivity contribution in [1.29, 1.82) is 0 Å². The SMILES string of the molecule is C=Cc1ccc(O)c(C(=O)OC2(c3ccc4ccccc4c3)CCCC2)c1. The highest BCUT2D eigenvalue weighted by Crippen LogP contribution is 2.44. The summed E-state index contributed by atoms with van der Waals surface area (Å²) in [6.45, 7) is 3.72. The van der Waals surface area contributed by atoms with Crippen molar-refractivity contribution < 1.29 is 14.6 Å². The van der Waals surface area contributed by atoms with Gasteiger partial charge in [0.25, 0.3) is 0 Å². The number of ether oxygens (including phenoxy) is 1. The van der Waals surface area contributed by atoms with Gasteiger partial charge < -0.3 is 9.84 Å². The smallest absolute Gasteiger partial charge is 0.342 e. The molecule has 0 heterocycles. The predicted octanol–water partition coefficient (Wildman–Crippen LogP) is 5.81. The molecule has 3 aromatic carbocycles. The molecule has 0 unspecified atom stereocenters. The number of esters is 1. The lowest BCUT2D eigenvalue weighted by atomic mass is 9.90. The summed E-state index contributed by atoms with van der Waals surface area (Å²) in [7, 11) is 0. The van der Waals surface area contributed by atoms with Crippen molar-refractivity contribution in [3.8, 4) is 5.75 Å². The van der Waals surface area contributed by atoms with Crippen LogP contribution in [0.25, 0.3) is 16.8 Å². The molecule has 1 N–H and O–H groups in total. The number of benzene rings is 3. The molecule has 136 valence electrons. The zero-order valence-electron chi connectivity index (χ0n) is 15.2. The summed E-state index contributed by atoms with van der Waals surface area (Å²) in [5.74, 6) is -0.566. The highest BCUT2D eigenvalue weighted by Gasteiger charge is 2.40. The Morgan fingerprint density at radius 1 is 1.00 bits per heavy atom. The van der Waals surface area contributed by atoms with Crippen LogP contribution in [0.2, 0.25) is 0 Å². The molecule has 0 bridgehead atoms. The van der Waals surface area contributed by atoms with Crippen molar-refractivity contribution in [2.75, 3.05) is 0 Å². The van der Waals surface area contributed by atoms with E-state index in [-0.39, 0.29) is 11.3 Å². The second-order valence-electron chi connectivity index (χ2n) is 7.13. The van der Waals surface area contributed by atoms with Crippen LogP contribution < -0.4 is 0 Å². The summed E-state index contributed by atoms with van der Waals surface area (Å²) in [6, 6.07) is 19.3. The molecule has 1 fully saturated rings. The maximum atomic E-state index is 12.9. The second-order valence-corrected chi connectivity index (χ2v) is 7.13. The molecule has 1 aliphatic rings. The Bertz CT molecular complexity index is 1010. The lowest BCUT2D eigenvalue weighted by molar-refractivity contribution is -0.0185. The molecule has 4 rings (SSSR count). The number of phenols is 1. The van der Waals surface area contributed by atoms with Gasteiger partial charge in [-0.15, -0.1) is 0 Å². The number of hydrogen-bond acceptors (Lipinski definition) is 3. The number of rotatable bonds is 4. The molecule has 1 aliphatic carbocycles. The molecule has 0 amide bonds. The average Bonchev–Trinajstić information content (AvgIpc) is 3.17. The fourth-order valence-electron chi connectivity index (χ4n) is 3.95. The van der Waals surface area contributed by atoms with E-state index in [9.17, 15) is 9.90 Å². The molecular weight excluding hydrogens is 336 g/mol. The van der Waals surface area contributed by atoms with Crippen molar-refractivity contribution in [2.45, 2.75) is 31.3 Å². The van der Waals surface area contributed by atoms with Crippen LogP contribution in [0.3, 0.4) is 0 Å². The first-order valence-corrected chi connectivity index (χ1v) is 9.29. The Morgan fingerprint density at radius 3 is 2.48 bits per heavy atom. The molecule has 0 spiro atoms. The molecule has 3 nitrogen and oxygen atoms in total. The van der Waals surface area contributed by atoms with Crippen molar-refractivity contribution >= 4 is 22.8 Å². The number of carbonyl (C=O) groups is 1. The van der Waals surface area contributed by atoms with E-state index in [1.54, 1.807) is 18.2 Å². The topological polar surface area (TPSA) is 46.5 Å². The average molecular weight is 358 g/mol. The van der Waals surface area contributed by atoms with Gasteiger partial charge in [0.05, 0.1) is 0 Å². The van der Waals surface area contributed by atoms with Gasteiger partial charge in [0.2, 0.25) is 0 Å². The molecule has 0 aromatic heterocycles. The Kier molecular flexibility index (Phi) is 4.44. The monoisotopic (exact) mass is 358 g/mol. The van der Waals surface area contributed by atoms with Crippen LogP contribution in [-0.2, 0) is 10.3 Å². The van der Waals surface area contributed by atoms with Crippen LogP contribution in [0.15, 0.2) is 67.2 Å². The van der Waals surface area contributed by atoms with Crippen LogP contribution in [0.5, 0.6) is 5.75 Å². The third-order valence-corrected chi connectivity index (χ3v) is 5.45. The molecular formula is C24H22O3. The van der Waals surface area contributed by atoms with Gasteiger partial charge in [0.1, 0.15) is 16.9 Å². The van der Waals surface area contributed by atoms with E-state index in [4.69, 9.17) is 4.74 Å².